The van der Waals surface area contributed by atoms with Gasteiger partial charge in [-0.3, -0.25) is 4.79 Å². The molecule has 1 atom stereocenters. The number of carbonyl (C=O) groups is 1. The van der Waals surface area contributed by atoms with Crippen molar-refractivity contribution in [3.05, 3.63) is 71.0 Å². The summed E-state index contributed by atoms with van der Waals surface area (Å²) >= 11 is 0. The van der Waals surface area contributed by atoms with Gasteiger partial charge in [0, 0.05) is 5.56 Å². The number of amides is 1. The molecule has 1 amide bonds. The molecule has 0 aromatic heterocycles. The van der Waals surface area contributed by atoms with Crippen LogP contribution in [0.25, 0.3) is 0 Å². The third-order valence-corrected chi connectivity index (χ3v) is 3.25. The molecular formula is C17H15FN2O. The summed E-state index contributed by atoms with van der Waals surface area (Å²) in [5, 5.41) is 11.9. The number of aryl methyl sites for hydroxylation is 1. The third-order valence-electron chi connectivity index (χ3n) is 3.25. The first-order valence-corrected chi connectivity index (χ1v) is 6.69. The summed E-state index contributed by atoms with van der Waals surface area (Å²) in [7, 11) is 0. The van der Waals surface area contributed by atoms with Crippen LogP contribution in [0.4, 0.5) is 4.39 Å². The molecule has 0 saturated carbocycles. The molecule has 21 heavy (non-hydrogen) atoms. The van der Waals surface area contributed by atoms with Crippen LogP contribution in [0.5, 0.6) is 0 Å². The Morgan fingerprint density at radius 2 is 1.90 bits per heavy atom. The van der Waals surface area contributed by atoms with E-state index in [2.05, 4.69) is 5.32 Å². The van der Waals surface area contributed by atoms with Crippen molar-refractivity contribution < 1.29 is 9.18 Å². The Hall–Kier alpha value is -2.67. The highest BCUT2D eigenvalue weighted by molar-refractivity contribution is 5.96. The standard InChI is InChI=1S/C17H15FN2O/c1-2-12-5-3-4-6-15(12)17(21)20-16(11-19)13-7-9-14(18)10-8-13/h3-10,16H,2H2,1H3,(H,20,21). The van der Waals surface area contributed by atoms with Gasteiger partial charge in [-0.2, -0.15) is 5.26 Å². The van der Waals surface area contributed by atoms with Gasteiger partial charge in [-0.15, -0.1) is 0 Å². The van der Waals surface area contributed by atoms with Gasteiger partial charge in [0.05, 0.1) is 6.07 Å². The fourth-order valence-corrected chi connectivity index (χ4v) is 2.10. The molecule has 0 heterocycles. The zero-order chi connectivity index (χ0) is 15.2. The van der Waals surface area contributed by atoms with Crippen molar-refractivity contribution in [1.82, 2.24) is 5.32 Å². The van der Waals surface area contributed by atoms with Gasteiger partial charge in [-0.05, 0) is 35.7 Å². The smallest absolute Gasteiger partial charge is 0.252 e. The van der Waals surface area contributed by atoms with E-state index in [0.717, 1.165) is 12.0 Å². The molecule has 0 aliphatic carbocycles. The number of halogens is 1. The second kappa shape index (κ2) is 6.67. The van der Waals surface area contributed by atoms with E-state index < -0.39 is 6.04 Å². The van der Waals surface area contributed by atoms with Gasteiger partial charge >= 0.3 is 0 Å². The molecule has 0 saturated heterocycles. The highest BCUT2D eigenvalue weighted by Gasteiger charge is 2.16. The normalized spacial score (nSPS) is 11.5. The number of hydrogen-bond acceptors (Lipinski definition) is 2. The van der Waals surface area contributed by atoms with Crippen molar-refractivity contribution in [2.75, 3.05) is 0 Å². The Labute approximate surface area is 123 Å². The van der Waals surface area contributed by atoms with Crippen molar-refractivity contribution in [2.45, 2.75) is 19.4 Å². The van der Waals surface area contributed by atoms with Crippen molar-refractivity contribution >= 4 is 5.91 Å². The van der Waals surface area contributed by atoms with Gasteiger partial charge < -0.3 is 5.32 Å². The second-order valence-corrected chi connectivity index (χ2v) is 4.60. The number of benzene rings is 2. The Morgan fingerprint density at radius 3 is 2.52 bits per heavy atom. The number of nitrogens with one attached hydrogen (secondary N) is 1. The van der Waals surface area contributed by atoms with E-state index >= 15 is 0 Å². The van der Waals surface area contributed by atoms with E-state index in [0.29, 0.717) is 11.1 Å². The van der Waals surface area contributed by atoms with Crippen LogP contribution in [0, 0.1) is 17.1 Å². The van der Waals surface area contributed by atoms with Crippen LogP contribution in [-0.4, -0.2) is 5.91 Å². The first-order chi connectivity index (χ1) is 10.2. The fraction of sp³-hybridized carbons (Fsp3) is 0.176. The van der Waals surface area contributed by atoms with E-state index in [1.165, 1.54) is 24.3 Å². The maximum Gasteiger partial charge on any atom is 0.252 e. The second-order valence-electron chi connectivity index (χ2n) is 4.60. The molecule has 3 nitrogen and oxygen atoms in total. The molecule has 0 radical (unpaired) electrons. The van der Waals surface area contributed by atoms with Gasteiger partial charge in [0.15, 0.2) is 0 Å². The lowest BCUT2D eigenvalue weighted by Gasteiger charge is -2.13. The first-order valence-electron chi connectivity index (χ1n) is 6.69. The summed E-state index contributed by atoms with van der Waals surface area (Å²) in [6.07, 6.45) is 0.733. The predicted molar refractivity (Wildman–Crippen MR) is 78.0 cm³/mol. The minimum atomic E-state index is -0.803. The van der Waals surface area contributed by atoms with Crippen molar-refractivity contribution in [3.63, 3.8) is 0 Å². The lowest BCUT2D eigenvalue weighted by atomic mass is 10.0. The fourth-order valence-electron chi connectivity index (χ4n) is 2.10. The molecule has 1 unspecified atom stereocenters. The zero-order valence-corrected chi connectivity index (χ0v) is 11.6. The highest BCUT2D eigenvalue weighted by atomic mass is 19.1. The molecular weight excluding hydrogens is 267 g/mol. The molecule has 1 N–H and O–H groups in total. The van der Waals surface area contributed by atoms with Crippen LogP contribution in [0.3, 0.4) is 0 Å². The number of hydrogen-bond donors (Lipinski definition) is 1. The van der Waals surface area contributed by atoms with E-state index in [4.69, 9.17) is 0 Å². The summed E-state index contributed by atoms with van der Waals surface area (Å²) in [6, 6.07) is 14.0. The third kappa shape index (κ3) is 3.46. The van der Waals surface area contributed by atoms with Gasteiger partial charge in [0.2, 0.25) is 0 Å². The minimum absolute atomic E-state index is 0.302. The largest absolute Gasteiger partial charge is 0.332 e. The van der Waals surface area contributed by atoms with E-state index in [9.17, 15) is 14.4 Å². The SMILES string of the molecule is CCc1ccccc1C(=O)NC(C#N)c1ccc(F)cc1. The number of carbonyl (C=O) groups excluding carboxylic acids is 1. The van der Waals surface area contributed by atoms with Crippen molar-refractivity contribution in [1.29, 1.82) is 5.26 Å². The molecule has 106 valence electrons. The van der Waals surface area contributed by atoms with Crippen molar-refractivity contribution in [2.24, 2.45) is 0 Å². The molecule has 0 aliphatic heterocycles. The molecule has 2 aromatic rings. The molecule has 4 heteroatoms. The van der Waals surface area contributed by atoms with Crippen LogP contribution in [0.15, 0.2) is 48.5 Å². The highest BCUT2D eigenvalue weighted by Crippen LogP contribution is 2.15. The van der Waals surface area contributed by atoms with Crippen LogP contribution in [0.2, 0.25) is 0 Å². The molecule has 2 aromatic carbocycles. The van der Waals surface area contributed by atoms with Gasteiger partial charge in [-0.25, -0.2) is 4.39 Å². The number of nitrogens with zero attached hydrogens (tertiary/aromatic N) is 1. The molecule has 0 aliphatic rings. The summed E-state index contributed by atoms with van der Waals surface area (Å²) < 4.78 is 12.9. The Bertz CT molecular complexity index is 674. The quantitative estimate of drug-likeness (QED) is 0.934. The van der Waals surface area contributed by atoms with Crippen LogP contribution < -0.4 is 5.32 Å². The van der Waals surface area contributed by atoms with Gasteiger partial charge in [0.1, 0.15) is 11.9 Å². The average Bonchev–Trinajstić information content (AvgIpc) is 2.53. The Morgan fingerprint density at radius 1 is 1.24 bits per heavy atom. The lowest BCUT2D eigenvalue weighted by Crippen LogP contribution is -2.28. The minimum Gasteiger partial charge on any atom is -0.332 e. The summed E-state index contributed by atoms with van der Waals surface area (Å²) in [5.41, 5.74) is 2.04. The summed E-state index contributed by atoms with van der Waals surface area (Å²) in [6.45, 7) is 1.97. The molecule has 0 fully saturated rings. The topological polar surface area (TPSA) is 52.9 Å². The van der Waals surface area contributed by atoms with Crippen LogP contribution in [0.1, 0.15) is 34.5 Å². The molecule has 2 rings (SSSR count). The van der Waals surface area contributed by atoms with E-state index in [-0.39, 0.29) is 11.7 Å². The average molecular weight is 282 g/mol. The Balaban J connectivity index is 2.21. The van der Waals surface area contributed by atoms with Crippen LogP contribution in [-0.2, 0) is 6.42 Å². The van der Waals surface area contributed by atoms with Gasteiger partial charge in [-0.1, -0.05) is 37.3 Å². The maximum atomic E-state index is 12.9. The van der Waals surface area contributed by atoms with E-state index in [1.54, 1.807) is 12.1 Å². The van der Waals surface area contributed by atoms with Gasteiger partial charge in [0.25, 0.3) is 5.91 Å². The first kappa shape index (κ1) is 14.7. The summed E-state index contributed by atoms with van der Waals surface area (Å²) in [5.74, 6) is -0.679. The number of rotatable bonds is 4. The zero-order valence-electron chi connectivity index (χ0n) is 11.6. The van der Waals surface area contributed by atoms with Crippen molar-refractivity contribution in [3.8, 4) is 6.07 Å². The molecule has 0 spiro atoms. The predicted octanol–water partition coefficient (Wildman–Crippen LogP) is 3.38. The Kier molecular flexibility index (Phi) is 4.68. The van der Waals surface area contributed by atoms with Crippen LogP contribution >= 0.6 is 0 Å². The maximum absolute atomic E-state index is 12.9. The molecule has 0 bridgehead atoms. The summed E-state index contributed by atoms with van der Waals surface area (Å²) in [4.78, 5) is 12.3. The van der Waals surface area contributed by atoms with E-state index in [1.807, 2.05) is 25.1 Å². The lowest BCUT2D eigenvalue weighted by molar-refractivity contribution is 0.0944. The number of nitriles is 1. The monoisotopic (exact) mass is 282 g/mol.